The van der Waals surface area contributed by atoms with Crippen LogP contribution in [0.2, 0.25) is 0 Å². The molecular weight excluding hydrogens is 390 g/mol. The summed E-state index contributed by atoms with van der Waals surface area (Å²) in [6.07, 6.45) is 0. The summed E-state index contributed by atoms with van der Waals surface area (Å²) in [5, 5.41) is 11.0. The molecule has 0 aliphatic heterocycles. The summed E-state index contributed by atoms with van der Waals surface area (Å²) >= 11 is 3.35. The van der Waals surface area contributed by atoms with Crippen LogP contribution in [0.15, 0.2) is 0 Å². The first-order valence-corrected chi connectivity index (χ1v) is 5.20. The van der Waals surface area contributed by atoms with Crippen molar-refractivity contribution in [2.45, 2.75) is 6.04 Å². The zero-order chi connectivity index (χ0) is 9.56. The highest BCUT2D eigenvalue weighted by atomic mass is 127. The molecule has 0 heterocycles. The van der Waals surface area contributed by atoms with E-state index in [9.17, 15) is 9.59 Å². The summed E-state index contributed by atoms with van der Waals surface area (Å²) in [5.41, 5.74) is 0. The lowest BCUT2D eigenvalue weighted by molar-refractivity contribution is -0.124. The van der Waals surface area contributed by atoms with Gasteiger partial charge < -0.3 is 10.4 Å². The highest BCUT2D eigenvalue weighted by Crippen LogP contribution is 1.88. The van der Waals surface area contributed by atoms with E-state index in [0.29, 0.717) is 0 Å². The maximum Gasteiger partial charge on any atom is 0.240 e. The minimum atomic E-state index is -0.652. The van der Waals surface area contributed by atoms with Gasteiger partial charge in [0.05, 0.1) is 13.2 Å². The van der Waals surface area contributed by atoms with E-state index in [1.165, 1.54) is 0 Å². The fourth-order valence-corrected chi connectivity index (χ4v) is 1.12. The van der Waals surface area contributed by atoms with Crippen LogP contribution in [-0.2, 0) is 9.59 Å². The van der Waals surface area contributed by atoms with Crippen molar-refractivity contribution in [3.8, 4) is 0 Å². The summed E-state index contributed by atoms with van der Waals surface area (Å²) in [5.74, 6) is -0.378. The molecular formula is C5H8I2N2O3. The van der Waals surface area contributed by atoms with Gasteiger partial charge in [-0.15, -0.1) is 0 Å². The van der Waals surface area contributed by atoms with Crippen LogP contribution in [0, 0.1) is 0 Å². The van der Waals surface area contributed by atoms with E-state index in [2.05, 4.69) is 8.85 Å². The number of rotatable bonds is 5. The zero-order valence-electron chi connectivity index (χ0n) is 6.01. The van der Waals surface area contributed by atoms with Crippen molar-refractivity contribution < 1.29 is 14.7 Å². The Hall–Kier alpha value is 0.520. The van der Waals surface area contributed by atoms with Crippen molar-refractivity contribution >= 4 is 55.2 Å². The number of hydrogen-bond acceptors (Lipinski definition) is 4. The number of carbonyl (C=O) groups is 2. The molecule has 0 rings (SSSR count). The Labute approximate surface area is 97.3 Å². The van der Waals surface area contributed by atoms with E-state index in [1.54, 1.807) is 45.5 Å². The third kappa shape index (κ3) is 5.22. The maximum atomic E-state index is 11.0. The van der Waals surface area contributed by atoms with E-state index < -0.39 is 6.04 Å². The predicted octanol–water partition coefficient (Wildman–Crippen LogP) is -0.635. The van der Waals surface area contributed by atoms with Gasteiger partial charge in [-0.2, -0.15) is 0 Å². The second-order valence-corrected chi connectivity index (χ2v) is 3.74. The van der Waals surface area contributed by atoms with Gasteiger partial charge in [0.15, 0.2) is 0 Å². The minimum Gasteiger partial charge on any atom is -0.394 e. The van der Waals surface area contributed by atoms with Crippen LogP contribution in [0.3, 0.4) is 0 Å². The van der Waals surface area contributed by atoms with Gasteiger partial charge in [0.1, 0.15) is 6.04 Å². The Bertz CT molecular complexity index is 172. The molecule has 0 aliphatic carbocycles. The largest absolute Gasteiger partial charge is 0.394 e. The van der Waals surface area contributed by atoms with Gasteiger partial charge in [0.2, 0.25) is 9.70 Å². The first kappa shape index (κ1) is 12.5. The number of aliphatic hydroxyl groups is 1. The molecule has 0 spiro atoms. The molecule has 0 saturated heterocycles. The first-order chi connectivity index (χ1) is 5.61. The lowest BCUT2D eigenvalue weighted by Gasteiger charge is -2.10. The summed E-state index contributed by atoms with van der Waals surface area (Å²) < 4.78 is 2.42. The molecule has 0 radical (unpaired) electrons. The van der Waals surface area contributed by atoms with Crippen molar-refractivity contribution in [1.29, 1.82) is 0 Å². The Kier molecular flexibility index (Phi) is 7.28. The average Bonchev–Trinajstić information content (AvgIpc) is 2.03. The maximum absolute atomic E-state index is 11.0. The molecule has 1 unspecified atom stereocenters. The Morgan fingerprint density at radius 2 is 2.08 bits per heavy atom. The first-order valence-electron chi connectivity index (χ1n) is 3.05. The quantitative estimate of drug-likeness (QED) is 0.328. The van der Waals surface area contributed by atoms with Gasteiger partial charge >= 0.3 is 0 Å². The van der Waals surface area contributed by atoms with Crippen molar-refractivity contribution in [3.05, 3.63) is 0 Å². The minimum absolute atomic E-state index is 0.00574. The molecule has 0 aromatic heterocycles. The smallest absolute Gasteiger partial charge is 0.240 e. The second-order valence-electron chi connectivity index (χ2n) is 1.92. The topological polar surface area (TPSA) is 78.4 Å². The van der Waals surface area contributed by atoms with Crippen LogP contribution in [-0.4, -0.2) is 34.0 Å². The number of carbonyl (C=O) groups excluding carboxylic acids is 2. The standard InChI is InChI=1S/C5H8I2N2O3/c6-4(11)1-8-5(12)3(2-10)9-7/h3,9-10H,1-2H2,(H,8,12). The van der Waals surface area contributed by atoms with Crippen molar-refractivity contribution in [2.75, 3.05) is 13.2 Å². The fourth-order valence-electron chi connectivity index (χ4n) is 0.447. The molecule has 70 valence electrons. The number of aliphatic hydroxyl groups excluding tert-OH is 1. The Morgan fingerprint density at radius 3 is 2.42 bits per heavy atom. The number of amides is 1. The third-order valence-electron chi connectivity index (χ3n) is 1.03. The normalized spacial score (nSPS) is 12.2. The number of halogens is 2. The van der Waals surface area contributed by atoms with Crippen molar-refractivity contribution in [1.82, 2.24) is 8.85 Å². The van der Waals surface area contributed by atoms with E-state index in [1.807, 2.05) is 0 Å². The monoisotopic (exact) mass is 398 g/mol. The van der Waals surface area contributed by atoms with Gasteiger partial charge in [0, 0.05) is 45.5 Å². The van der Waals surface area contributed by atoms with Crippen LogP contribution < -0.4 is 8.85 Å². The SMILES string of the molecule is O=C(I)CNC(=O)C(CO)NI. The number of nitrogens with one attached hydrogen (secondary N) is 2. The molecule has 0 aromatic carbocycles. The molecule has 5 nitrogen and oxygen atoms in total. The predicted molar refractivity (Wildman–Crippen MR) is 60.1 cm³/mol. The van der Waals surface area contributed by atoms with Gasteiger partial charge in [-0.1, -0.05) is 0 Å². The van der Waals surface area contributed by atoms with Gasteiger partial charge in [-0.3, -0.25) is 9.59 Å². The highest BCUT2D eigenvalue weighted by molar-refractivity contribution is 14.1. The van der Waals surface area contributed by atoms with E-state index >= 15 is 0 Å². The van der Waals surface area contributed by atoms with E-state index in [0.717, 1.165) is 0 Å². The van der Waals surface area contributed by atoms with Crippen molar-refractivity contribution in [3.63, 3.8) is 0 Å². The Morgan fingerprint density at radius 1 is 1.50 bits per heavy atom. The van der Waals surface area contributed by atoms with E-state index in [4.69, 9.17) is 5.11 Å². The average molecular weight is 398 g/mol. The van der Waals surface area contributed by atoms with Crippen LogP contribution >= 0.6 is 45.5 Å². The highest BCUT2D eigenvalue weighted by Gasteiger charge is 2.15. The molecule has 12 heavy (non-hydrogen) atoms. The molecule has 0 aliphatic rings. The van der Waals surface area contributed by atoms with Crippen LogP contribution in [0.25, 0.3) is 0 Å². The molecule has 0 saturated carbocycles. The van der Waals surface area contributed by atoms with Crippen LogP contribution in [0.1, 0.15) is 0 Å². The van der Waals surface area contributed by atoms with Gasteiger partial charge in [0.25, 0.3) is 0 Å². The molecule has 1 atom stereocenters. The van der Waals surface area contributed by atoms with Gasteiger partial charge in [-0.05, 0) is 0 Å². The molecule has 1 amide bonds. The summed E-state index contributed by atoms with van der Waals surface area (Å²) in [7, 11) is 0. The molecule has 3 N–H and O–H groups in total. The third-order valence-corrected chi connectivity index (χ3v) is 2.17. The summed E-state index contributed by atoms with van der Waals surface area (Å²) in [6.45, 7) is -0.293. The van der Waals surface area contributed by atoms with Gasteiger partial charge in [-0.25, -0.2) is 3.53 Å². The molecule has 0 aromatic rings. The lowest BCUT2D eigenvalue weighted by atomic mass is 10.3. The lowest BCUT2D eigenvalue weighted by Crippen LogP contribution is -2.43. The number of hydrogen-bond donors (Lipinski definition) is 3. The van der Waals surface area contributed by atoms with E-state index in [-0.39, 0.29) is 22.8 Å². The molecule has 0 bridgehead atoms. The Balaban J connectivity index is 3.77. The second kappa shape index (κ2) is 6.97. The molecule has 7 heteroatoms. The summed E-state index contributed by atoms with van der Waals surface area (Å²) in [4.78, 5) is 21.5. The van der Waals surface area contributed by atoms with Crippen LogP contribution in [0.5, 0.6) is 0 Å². The van der Waals surface area contributed by atoms with Crippen molar-refractivity contribution in [2.24, 2.45) is 0 Å². The zero-order valence-corrected chi connectivity index (χ0v) is 10.3. The fraction of sp³-hybridized carbons (Fsp3) is 0.600. The van der Waals surface area contributed by atoms with Crippen LogP contribution in [0.4, 0.5) is 0 Å². The summed E-state index contributed by atoms with van der Waals surface area (Å²) in [6, 6.07) is -0.652. The molecule has 0 fully saturated rings.